The Labute approximate surface area is 108 Å². The quantitative estimate of drug-likeness (QED) is 0.830. The number of rotatable bonds is 5. The molecule has 0 spiro atoms. The van der Waals surface area contributed by atoms with Crippen LogP contribution in [0.4, 0.5) is 8.78 Å². The van der Waals surface area contributed by atoms with Crippen molar-refractivity contribution in [3.63, 3.8) is 0 Å². The molecule has 0 heterocycles. The minimum atomic E-state index is -1.83. The number of amides is 1. The average Bonchev–Trinajstić information content (AvgIpc) is 3.13. The summed E-state index contributed by atoms with van der Waals surface area (Å²) in [6.45, 7) is 1.25. The van der Waals surface area contributed by atoms with Gasteiger partial charge in [-0.15, -0.1) is 0 Å². The summed E-state index contributed by atoms with van der Waals surface area (Å²) < 4.78 is 26.8. The van der Waals surface area contributed by atoms with E-state index in [1.807, 2.05) is 0 Å². The summed E-state index contributed by atoms with van der Waals surface area (Å²) in [4.78, 5) is 23.8. The normalized spacial score (nSPS) is 17.6. The van der Waals surface area contributed by atoms with E-state index in [1.54, 1.807) is 0 Å². The fourth-order valence-electron chi connectivity index (χ4n) is 2.16. The van der Waals surface area contributed by atoms with Gasteiger partial charge in [-0.1, -0.05) is 6.07 Å². The summed E-state index contributed by atoms with van der Waals surface area (Å²) in [7, 11) is 0. The lowest BCUT2D eigenvalue weighted by atomic mass is 9.89. The smallest absolute Gasteiger partial charge is 0.334 e. The van der Waals surface area contributed by atoms with Crippen LogP contribution in [-0.2, 0) is 15.1 Å². The van der Waals surface area contributed by atoms with Gasteiger partial charge in [0.2, 0.25) is 6.41 Å². The predicted molar refractivity (Wildman–Crippen MR) is 62.3 cm³/mol. The monoisotopic (exact) mass is 269 g/mol. The van der Waals surface area contributed by atoms with Crippen molar-refractivity contribution in [3.8, 4) is 0 Å². The fourth-order valence-corrected chi connectivity index (χ4v) is 2.16. The van der Waals surface area contributed by atoms with E-state index in [2.05, 4.69) is 0 Å². The van der Waals surface area contributed by atoms with Gasteiger partial charge in [-0.3, -0.25) is 4.79 Å². The van der Waals surface area contributed by atoms with Gasteiger partial charge in [0.05, 0.1) is 0 Å². The van der Waals surface area contributed by atoms with Crippen LogP contribution in [0.3, 0.4) is 0 Å². The molecular formula is C13H13F2NO3. The molecule has 1 aromatic carbocycles. The van der Waals surface area contributed by atoms with E-state index in [-0.39, 0.29) is 11.6 Å². The van der Waals surface area contributed by atoms with Gasteiger partial charge >= 0.3 is 5.97 Å². The van der Waals surface area contributed by atoms with Crippen LogP contribution >= 0.6 is 0 Å². The predicted octanol–water partition coefficient (Wildman–Crippen LogP) is 1.89. The van der Waals surface area contributed by atoms with Gasteiger partial charge in [0.25, 0.3) is 0 Å². The first kappa shape index (κ1) is 13.5. The molecule has 1 atom stereocenters. The Bertz CT molecular complexity index is 531. The van der Waals surface area contributed by atoms with E-state index in [9.17, 15) is 23.5 Å². The van der Waals surface area contributed by atoms with E-state index in [4.69, 9.17) is 0 Å². The number of hydrogen-bond donors (Lipinski definition) is 1. The summed E-state index contributed by atoms with van der Waals surface area (Å²) in [6.07, 6.45) is 1.78. The SMILES string of the molecule is CC(C(=O)O)(c1ccc(F)cc1F)N(C=O)C1CC1. The largest absolute Gasteiger partial charge is 0.479 e. The molecule has 1 unspecified atom stereocenters. The minimum absolute atomic E-state index is 0.206. The summed E-state index contributed by atoms with van der Waals surface area (Å²) in [6, 6.07) is 2.46. The van der Waals surface area contributed by atoms with Gasteiger partial charge in [0.15, 0.2) is 5.54 Å². The molecule has 1 aliphatic carbocycles. The van der Waals surface area contributed by atoms with Crippen LogP contribution in [-0.4, -0.2) is 28.4 Å². The van der Waals surface area contributed by atoms with Crippen LogP contribution in [0.15, 0.2) is 18.2 Å². The van der Waals surface area contributed by atoms with Crippen molar-refractivity contribution in [3.05, 3.63) is 35.4 Å². The average molecular weight is 269 g/mol. The highest BCUT2D eigenvalue weighted by Gasteiger charge is 2.48. The lowest BCUT2D eigenvalue weighted by molar-refractivity contribution is -0.155. The van der Waals surface area contributed by atoms with Gasteiger partial charge in [0, 0.05) is 17.7 Å². The van der Waals surface area contributed by atoms with Gasteiger partial charge < -0.3 is 10.0 Å². The zero-order chi connectivity index (χ0) is 14.2. The number of hydrogen-bond acceptors (Lipinski definition) is 2. The standard InChI is InChI=1S/C13H13F2NO3/c1-13(12(18)19,16(7-17)9-3-4-9)10-5-2-8(14)6-11(10)15/h2,5-7,9H,3-4H2,1H3,(H,18,19). The number of benzene rings is 1. The molecule has 4 nitrogen and oxygen atoms in total. The van der Waals surface area contributed by atoms with Crippen LogP contribution < -0.4 is 0 Å². The number of nitrogens with zero attached hydrogens (tertiary/aromatic N) is 1. The Kier molecular flexibility index (Phi) is 3.26. The molecule has 0 saturated heterocycles. The highest BCUT2D eigenvalue weighted by molar-refractivity contribution is 5.83. The summed E-state index contributed by atoms with van der Waals surface area (Å²) >= 11 is 0. The molecule has 0 aromatic heterocycles. The second-order valence-electron chi connectivity index (χ2n) is 4.75. The third-order valence-corrected chi connectivity index (χ3v) is 3.44. The van der Waals surface area contributed by atoms with Crippen LogP contribution in [0.2, 0.25) is 0 Å². The minimum Gasteiger partial charge on any atom is -0.479 e. The number of carbonyl (C=O) groups excluding carboxylic acids is 1. The molecule has 1 aromatic rings. The lowest BCUT2D eigenvalue weighted by Crippen LogP contribution is -2.50. The van der Waals surface area contributed by atoms with E-state index in [0.29, 0.717) is 25.3 Å². The van der Waals surface area contributed by atoms with Crippen molar-refractivity contribution in [1.29, 1.82) is 0 Å². The van der Waals surface area contributed by atoms with Crippen molar-refractivity contribution >= 4 is 12.4 Å². The fraction of sp³-hybridized carbons (Fsp3) is 0.385. The molecule has 1 N–H and O–H groups in total. The molecule has 1 fully saturated rings. The molecule has 0 bridgehead atoms. The van der Waals surface area contributed by atoms with Crippen LogP contribution in [0.5, 0.6) is 0 Å². The first-order valence-corrected chi connectivity index (χ1v) is 5.84. The van der Waals surface area contributed by atoms with E-state index in [0.717, 1.165) is 17.0 Å². The van der Waals surface area contributed by atoms with Crippen LogP contribution in [0, 0.1) is 11.6 Å². The Morgan fingerprint density at radius 3 is 2.53 bits per heavy atom. The van der Waals surface area contributed by atoms with E-state index >= 15 is 0 Å². The molecular weight excluding hydrogens is 256 g/mol. The third-order valence-electron chi connectivity index (χ3n) is 3.44. The van der Waals surface area contributed by atoms with Crippen molar-refractivity contribution in [2.24, 2.45) is 0 Å². The molecule has 19 heavy (non-hydrogen) atoms. The zero-order valence-corrected chi connectivity index (χ0v) is 10.3. The molecule has 1 amide bonds. The second-order valence-corrected chi connectivity index (χ2v) is 4.75. The van der Waals surface area contributed by atoms with E-state index in [1.165, 1.54) is 6.92 Å². The number of carboxylic acids is 1. The summed E-state index contributed by atoms with van der Waals surface area (Å²) in [5.74, 6) is -3.12. The summed E-state index contributed by atoms with van der Waals surface area (Å²) in [5.41, 5.74) is -2.05. The Hall–Kier alpha value is -1.98. The van der Waals surface area contributed by atoms with Crippen LogP contribution in [0.25, 0.3) is 0 Å². The van der Waals surface area contributed by atoms with Crippen LogP contribution in [0.1, 0.15) is 25.3 Å². The topological polar surface area (TPSA) is 57.6 Å². The van der Waals surface area contributed by atoms with Crippen molar-refractivity contribution < 1.29 is 23.5 Å². The number of halogens is 2. The Morgan fingerprint density at radius 2 is 2.11 bits per heavy atom. The summed E-state index contributed by atoms with van der Waals surface area (Å²) in [5, 5.41) is 9.40. The van der Waals surface area contributed by atoms with Gasteiger partial charge in [-0.25, -0.2) is 13.6 Å². The number of carbonyl (C=O) groups is 2. The first-order valence-electron chi connectivity index (χ1n) is 5.84. The number of aliphatic carboxylic acids is 1. The maximum atomic E-state index is 13.8. The molecule has 0 aliphatic heterocycles. The lowest BCUT2D eigenvalue weighted by Gasteiger charge is -2.36. The van der Waals surface area contributed by atoms with Crippen molar-refractivity contribution in [1.82, 2.24) is 4.90 Å². The molecule has 6 heteroatoms. The Morgan fingerprint density at radius 1 is 1.47 bits per heavy atom. The van der Waals surface area contributed by atoms with Gasteiger partial charge in [-0.2, -0.15) is 0 Å². The highest BCUT2D eigenvalue weighted by atomic mass is 19.1. The molecule has 2 rings (SSSR count). The maximum Gasteiger partial charge on any atom is 0.334 e. The molecule has 1 aliphatic rings. The maximum absolute atomic E-state index is 13.8. The number of carboxylic acid groups (broad SMARTS) is 1. The highest BCUT2D eigenvalue weighted by Crippen LogP contribution is 2.38. The Balaban J connectivity index is 2.54. The van der Waals surface area contributed by atoms with E-state index < -0.39 is 23.1 Å². The van der Waals surface area contributed by atoms with Gasteiger partial charge in [-0.05, 0) is 25.8 Å². The molecule has 102 valence electrons. The van der Waals surface area contributed by atoms with Gasteiger partial charge in [0.1, 0.15) is 11.6 Å². The van der Waals surface area contributed by atoms with Crippen molar-refractivity contribution in [2.45, 2.75) is 31.3 Å². The third kappa shape index (κ3) is 2.18. The van der Waals surface area contributed by atoms with Crippen molar-refractivity contribution in [2.75, 3.05) is 0 Å². The second kappa shape index (κ2) is 4.60. The molecule has 1 saturated carbocycles. The molecule has 0 radical (unpaired) electrons. The first-order chi connectivity index (χ1) is 8.91. The zero-order valence-electron chi connectivity index (χ0n) is 10.3.